The lowest BCUT2D eigenvalue weighted by Crippen LogP contribution is -2.37. The summed E-state index contributed by atoms with van der Waals surface area (Å²) in [6, 6.07) is 8.70. The highest BCUT2D eigenvalue weighted by atomic mass is 16.5. The fourth-order valence-electron chi connectivity index (χ4n) is 3.44. The number of amides is 2. The van der Waals surface area contributed by atoms with Crippen molar-refractivity contribution in [3.8, 4) is 28.8 Å². The Kier molecular flexibility index (Phi) is 4.28. The number of fused-ring (bicyclic) bond motifs is 1. The van der Waals surface area contributed by atoms with Gasteiger partial charge in [-0.3, -0.25) is 9.59 Å². The van der Waals surface area contributed by atoms with Crippen LogP contribution in [0.1, 0.15) is 28.0 Å². The number of carbonyl (C=O) groups excluding carboxylic acids is 2. The molecule has 1 aromatic heterocycles. The van der Waals surface area contributed by atoms with Crippen molar-refractivity contribution >= 4 is 11.8 Å². The lowest BCUT2D eigenvalue weighted by molar-refractivity contribution is -0.137. The molecule has 0 radical (unpaired) electrons. The number of hydrogen-bond acceptors (Lipinski definition) is 5. The van der Waals surface area contributed by atoms with Gasteiger partial charge in [0.05, 0.1) is 12.3 Å². The monoisotopic (exact) mass is 377 g/mol. The highest BCUT2D eigenvalue weighted by molar-refractivity contribution is 5.92. The Hall–Kier alpha value is -3.37. The molecule has 0 unspecified atom stereocenters. The minimum absolute atomic E-state index is 0.162. The summed E-state index contributed by atoms with van der Waals surface area (Å²) < 4.78 is 5.75. The van der Waals surface area contributed by atoms with E-state index in [1.807, 2.05) is 6.07 Å². The van der Waals surface area contributed by atoms with E-state index in [0.29, 0.717) is 35.7 Å². The van der Waals surface area contributed by atoms with E-state index in [0.717, 1.165) is 12.0 Å². The third-order valence-corrected chi connectivity index (χ3v) is 4.98. The van der Waals surface area contributed by atoms with Crippen LogP contribution in [0.15, 0.2) is 30.3 Å². The summed E-state index contributed by atoms with van der Waals surface area (Å²) in [5.74, 6) is 5.37. The third-order valence-electron chi connectivity index (χ3n) is 4.98. The summed E-state index contributed by atoms with van der Waals surface area (Å²) >= 11 is 0. The first-order valence-corrected chi connectivity index (χ1v) is 8.95. The molecule has 7 nitrogen and oxygen atoms in total. The first-order chi connectivity index (χ1) is 13.4. The van der Waals surface area contributed by atoms with Crippen LogP contribution in [0.25, 0.3) is 11.3 Å². The Labute approximate surface area is 162 Å². The van der Waals surface area contributed by atoms with Crippen LogP contribution in [0.4, 0.5) is 0 Å². The van der Waals surface area contributed by atoms with Crippen LogP contribution in [0, 0.1) is 11.8 Å². The van der Waals surface area contributed by atoms with Gasteiger partial charge in [-0.2, -0.15) is 0 Å². The van der Waals surface area contributed by atoms with Crippen molar-refractivity contribution < 1.29 is 19.4 Å². The number of likely N-dealkylation sites (N-methyl/N-ethyl adjacent to an activating group) is 1. The Morgan fingerprint density at radius 1 is 1.39 bits per heavy atom. The van der Waals surface area contributed by atoms with E-state index < -0.39 is 11.5 Å². The quantitative estimate of drug-likeness (QED) is 0.751. The van der Waals surface area contributed by atoms with Gasteiger partial charge in [-0.1, -0.05) is 17.9 Å². The molecular formula is C21H19N3O4. The van der Waals surface area contributed by atoms with Crippen molar-refractivity contribution in [2.75, 3.05) is 20.2 Å². The predicted octanol–water partition coefficient (Wildman–Crippen LogP) is 0.727. The maximum atomic E-state index is 12.1. The fraction of sp³-hybridized carbons (Fsp3) is 0.286. The number of pyridine rings is 1. The number of aliphatic hydroxyl groups is 1. The summed E-state index contributed by atoms with van der Waals surface area (Å²) in [6.07, 6.45) is 0.998. The molecule has 142 valence electrons. The van der Waals surface area contributed by atoms with E-state index in [1.54, 1.807) is 31.3 Å². The molecule has 28 heavy (non-hydrogen) atoms. The number of nitrogens with zero attached hydrogens (tertiary/aromatic N) is 2. The smallest absolute Gasteiger partial charge is 0.267 e. The second-order valence-corrected chi connectivity index (χ2v) is 6.97. The molecule has 0 spiro atoms. The van der Waals surface area contributed by atoms with Crippen LogP contribution < -0.4 is 10.5 Å². The van der Waals surface area contributed by atoms with Crippen LogP contribution in [0.3, 0.4) is 0 Å². The Balaban J connectivity index is 1.77. The Morgan fingerprint density at radius 3 is 2.93 bits per heavy atom. The molecule has 3 heterocycles. The Morgan fingerprint density at radius 2 is 2.21 bits per heavy atom. The number of benzene rings is 1. The van der Waals surface area contributed by atoms with Crippen molar-refractivity contribution in [1.29, 1.82) is 0 Å². The van der Waals surface area contributed by atoms with E-state index in [-0.39, 0.29) is 18.0 Å². The van der Waals surface area contributed by atoms with Crippen LogP contribution in [0.2, 0.25) is 0 Å². The molecule has 0 aliphatic carbocycles. The van der Waals surface area contributed by atoms with Crippen molar-refractivity contribution in [3.63, 3.8) is 0 Å². The Bertz CT molecular complexity index is 1050. The van der Waals surface area contributed by atoms with Crippen molar-refractivity contribution in [1.82, 2.24) is 9.88 Å². The van der Waals surface area contributed by atoms with Gasteiger partial charge in [0, 0.05) is 37.6 Å². The molecule has 1 aromatic carbocycles. The summed E-state index contributed by atoms with van der Waals surface area (Å²) in [4.78, 5) is 29.4. The topological polar surface area (TPSA) is 106 Å². The molecule has 2 aromatic rings. The minimum atomic E-state index is -1.66. The number of nitrogens with two attached hydrogens (primary N) is 1. The number of carbonyl (C=O) groups is 2. The van der Waals surface area contributed by atoms with E-state index in [9.17, 15) is 14.7 Å². The molecule has 2 aliphatic heterocycles. The number of ether oxygens (including phenoxy) is 1. The summed E-state index contributed by atoms with van der Waals surface area (Å²) in [5, 5.41) is 10.5. The number of aromatic nitrogens is 1. The largest absolute Gasteiger partial charge is 0.492 e. The lowest BCUT2D eigenvalue weighted by Gasteiger charge is -2.13. The van der Waals surface area contributed by atoms with Gasteiger partial charge in [-0.05, 0) is 29.8 Å². The zero-order valence-corrected chi connectivity index (χ0v) is 15.4. The fourth-order valence-corrected chi connectivity index (χ4v) is 3.44. The summed E-state index contributed by atoms with van der Waals surface area (Å²) in [7, 11) is 1.64. The second-order valence-electron chi connectivity index (χ2n) is 6.97. The maximum Gasteiger partial charge on any atom is 0.267 e. The van der Waals surface area contributed by atoms with Crippen molar-refractivity contribution in [2.24, 2.45) is 5.73 Å². The third kappa shape index (κ3) is 3.08. The molecule has 2 amide bonds. The van der Waals surface area contributed by atoms with Crippen LogP contribution in [-0.2, 0) is 11.2 Å². The van der Waals surface area contributed by atoms with E-state index in [1.165, 1.54) is 4.90 Å². The average Bonchev–Trinajstić information content (AvgIpc) is 3.26. The standard InChI is InChI=1S/C21H19N3O4/c1-24-9-8-21(27,20(24)26)7-5-13-11-14-6-10-28-18(14)15(12-13)16-3-2-4-17(23-16)19(22)25/h2-4,11-12,27H,6,8-10H2,1H3,(H2,22,25)/t21-/m0/s1. The van der Waals surface area contributed by atoms with Crippen LogP contribution in [-0.4, -0.2) is 52.6 Å². The summed E-state index contributed by atoms with van der Waals surface area (Å²) in [5.41, 5.74) is 6.70. The molecule has 2 aliphatic rings. The van der Waals surface area contributed by atoms with Gasteiger partial charge < -0.3 is 20.5 Å². The number of rotatable bonds is 2. The van der Waals surface area contributed by atoms with Crippen LogP contribution in [0.5, 0.6) is 5.75 Å². The first kappa shape index (κ1) is 18.0. The maximum absolute atomic E-state index is 12.1. The van der Waals surface area contributed by atoms with Crippen LogP contribution >= 0.6 is 0 Å². The number of primary amides is 1. The normalized spacial score (nSPS) is 20.4. The van der Waals surface area contributed by atoms with E-state index >= 15 is 0 Å². The number of likely N-dealkylation sites (tertiary alicyclic amines) is 1. The number of hydrogen-bond donors (Lipinski definition) is 2. The molecule has 0 bridgehead atoms. The van der Waals surface area contributed by atoms with Gasteiger partial charge in [0.1, 0.15) is 11.4 Å². The van der Waals surface area contributed by atoms with E-state index in [2.05, 4.69) is 16.8 Å². The second kappa shape index (κ2) is 6.66. The zero-order valence-electron chi connectivity index (χ0n) is 15.4. The average molecular weight is 377 g/mol. The van der Waals surface area contributed by atoms with Crippen molar-refractivity contribution in [3.05, 3.63) is 47.2 Å². The molecular weight excluding hydrogens is 358 g/mol. The molecule has 0 saturated carbocycles. The van der Waals surface area contributed by atoms with Gasteiger partial charge in [-0.25, -0.2) is 4.98 Å². The highest BCUT2D eigenvalue weighted by Crippen LogP contribution is 2.37. The van der Waals surface area contributed by atoms with Gasteiger partial charge in [-0.15, -0.1) is 0 Å². The zero-order chi connectivity index (χ0) is 19.9. The van der Waals surface area contributed by atoms with Gasteiger partial charge >= 0.3 is 0 Å². The lowest BCUT2D eigenvalue weighted by atomic mass is 9.99. The van der Waals surface area contributed by atoms with E-state index in [4.69, 9.17) is 10.5 Å². The highest BCUT2D eigenvalue weighted by Gasteiger charge is 2.42. The molecule has 1 saturated heterocycles. The molecule has 4 rings (SSSR count). The molecule has 7 heteroatoms. The first-order valence-electron chi connectivity index (χ1n) is 8.95. The molecule has 1 atom stereocenters. The molecule has 1 fully saturated rings. The minimum Gasteiger partial charge on any atom is -0.492 e. The van der Waals surface area contributed by atoms with Crippen molar-refractivity contribution in [2.45, 2.75) is 18.4 Å². The predicted molar refractivity (Wildman–Crippen MR) is 101 cm³/mol. The van der Waals surface area contributed by atoms with Gasteiger partial charge in [0.25, 0.3) is 11.8 Å². The van der Waals surface area contributed by atoms with Gasteiger partial charge in [0.2, 0.25) is 5.60 Å². The molecule has 3 N–H and O–H groups in total. The SMILES string of the molecule is CN1CC[C@@](O)(C#Cc2cc3c(c(-c4cccc(C(N)=O)n4)c2)OCC3)C1=O. The summed E-state index contributed by atoms with van der Waals surface area (Å²) in [6.45, 7) is 1.01. The van der Waals surface area contributed by atoms with Gasteiger partial charge in [0.15, 0.2) is 0 Å².